The fourth-order valence-corrected chi connectivity index (χ4v) is 6.48. The minimum absolute atomic E-state index is 0.182. The second-order valence-corrected chi connectivity index (χ2v) is 13.5. The van der Waals surface area contributed by atoms with E-state index in [9.17, 15) is 25.2 Å². The lowest BCUT2D eigenvalue weighted by molar-refractivity contribution is -0.139. The van der Waals surface area contributed by atoms with Crippen LogP contribution in [-0.2, 0) is 14.3 Å². The molecule has 7 atom stereocenters. The Morgan fingerprint density at radius 2 is 1.23 bits per heavy atom. The Morgan fingerprint density at radius 3 is 1.86 bits per heavy atom. The second kappa shape index (κ2) is 24.0. The van der Waals surface area contributed by atoms with Crippen molar-refractivity contribution in [3.05, 3.63) is 23.8 Å². The molecule has 1 saturated heterocycles. The zero-order chi connectivity index (χ0) is 32.0. The highest BCUT2D eigenvalue weighted by Crippen LogP contribution is 2.28. The molecule has 7 nitrogen and oxygen atoms in total. The lowest BCUT2D eigenvalue weighted by Gasteiger charge is -2.22. The van der Waals surface area contributed by atoms with Gasteiger partial charge in [-0.3, -0.25) is 0 Å². The molecule has 256 valence electrons. The number of aliphatic hydroxyl groups is 4. The third-order valence-corrected chi connectivity index (χ3v) is 9.27. The minimum Gasteiger partial charge on any atom is -0.455 e. The van der Waals surface area contributed by atoms with Gasteiger partial charge < -0.3 is 29.9 Å². The van der Waals surface area contributed by atoms with Gasteiger partial charge in [-0.15, -0.1) is 0 Å². The van der Waals surface area contributed by atoms with Crippen LogP contribution in [0.1, 0.15) is 162 Å². The van der Waals surface area contributed by atoms with E-state index in [0.29, 0.717) is 31.3 Å². The number of rotatable bonds is 27. The smallest absolute Gasteiger partial charge is 0.334 e. The van der Waals surface area contributed by atoms with E-state index in [1.165, 1.54) is 51.4 Å². The monoisotopic (exact) mass is 622 g/mol. The van der Waals surface area contributed by atoms with Crippen molar-refractivity contribution in [3.8, 4) is 0 Å². The summed E-state index contributed by atoms with van der Waals surface area (Å²) < 4.78 is 11.1. The number of cyclic esters (lactones) is 1. The zero-order valence-corrected chi connectivity index (χ0v) is 28.1. The molecule has 0 amide bonds. The molecule has 2 heterocycles. The topological polar surface area (TPSA) is 116 Å². The largest absolute Gasteiger partial charge is 0.455 e. The third-order valence-electron chi connectivity index (χ3n) is 9.27. The predicted octanol–water partition coefficient (Wildman–Crippen LogP) is 7.62. The molecule has 0 saturated carbocycles. The molecule has 4 N–H and O–H groups in total. The van der Waals surface area contributed by atoms with Gasteiger partial charge in [0.05, 0.1) is 36.6 Å². The summed E-state index contributed by atoms with van der Waals surface area (Å²) in [4.78, 5) is 11.7. The van der Waals surface area contributed by atoms with E-state index in [1.54, 1.807) is 6.08 Å². The van der Waals surface area contributed by atoms with Crippen LogP contribution in [0.15, 0.2) is 23.8 Å². The number of hydrogen-bond donors (Lipinski definition) is 4. The number of hydrogen-bond acceptors (Lipinski definition) is 7. The van der Waals surface area contributed by atoms with Crippen LogP contribution in [0.25, 0.3) is 0 Å². The van der Waals surface area contributed by atoms with E-state index in [2.05, 4.69) is 19.1 Å². The first-order valence-corrected chi connectivity index (χ1v) is 18.2. The Hall–Kier alpha value is -1.25. The molecule has 0 spiro atoms. The summed E-state index contributed by atoms with van der Waals surface area (Å²) in [6.07, 6.45) is 26.3. The fraction of sp³-hybridized carbons (Fsp3) is 0.865. The van der Waals surface area contributed by atoms with Crippen molar-refractivity contribution < 1.29 is 34.7 Å². The van der Waals surface area contributed by atoms with Crippen LogP contribution in [0.2, 0.25) is 0 Å². The lowest BCUT2D eigenvalue weighted by atomic mass is 9.99. The Balaban J connectivity index is 1.42. The standard InChI is InChI=1S/C37H66O7/c1-3-4-5-6-7-8-9-10-11-12-13-17-23-33(40)35-25-26-36(44-35)34(41)24-19-18-21-31(38)20-15-14-16-22-32(39)28-30-27-29(2)43-37(30)42/h12-13,27,29,31-36,38-41H,3-11,14-26,28H2,1-2H3/b13-12-/t29-,31?,32+,33+,34+,35+,36+/m0/s1. The van der Waals surface area contributed by atoms with E-state index in [0.717, 1.165) is 70.6 Å². The van der Waals surface area contributed by atoms with E-state index in [1.807, 2.05) is 6.92 Å². The maximum absolute atomic E-state index is 11.7. The normalized spacial score (nSPS) is 23.2. The molecule has 7 heteroatoms. The summed E-state index contributed by atoms with van der Waals surface area (Å²) >= 11 is 0. The van der Waals surface area contributed by atoms with Gasteiger partial charge in [0.2, 0.25) is 0 Å². The molecule has 44 heavy (non-hydrogen) atoms. The molecule has 0 radical (unpaired) electrons. The SMILES string of the molecule is CCCCCCCCCC/C=C\CC[C@@H](O)[C@H]1CC[C@H]([C@H](O)CCCCC(O)CCCCC[C@@H](O)CC2=C[C@H](C)OC2=O)O1. The quantitative estimate of drug-likeness (QED) is 0.0423. The van der Waals surface area contributed by atoms with E-state index < -0.39 is 18.3 Å². The Labute approximate surface area is 268 Å². The molecule has 1 fully saturated rings. The molecule has 0 aromatic heterocycles. The van der Waals surface area contributed by atoms with Gasteiger partial charge in [-0.1, -0.05) is 96.1 Å². The van der Waals surface area contributed by atoms with Crippen molar-refractivity contribution in [2.45, 2.75) is 204 Å². The van der Waals surface area contributed by atoms with Crippen LogP contribution in [0, 0.1) is 0 Å². The van der Waals surface area contributed by atoms with Crippen LogP contribution >= 0.6 is 0 Å². The molecule has 2 aliphatic rings. The molecular formula is C37H66O7. The number of carbonyl (C=O) groups is 1. The molecule has 2 rings (SSSR count). The number of aliphatic hydroxyl groups excluding tert-OH is 4. The van der Waals surface area contributed by atoms with Crippen molar-refractivity contribution in [1.29, 1.82) is 0 Å². The van der Waals surface area contributed by atoms with Crippen LogP contribution in [0.5, 0.6) is 0 Å². The summed E-state index contributed by atoms with van der Waals surface area (Å²) in [6.45, 7) is 4.07. The highest BCUT2D eigenvalue weighted by Gasteiger charge is 2.34. The van der Waals surface area contributed by atoms with E-state index in [-0.39, 0.29) is 30.4 Å². The Morgan fingerprint density at radius 1 is 0.705 bits per heavy atom. The van der Waals surface area contributed by atoms with E-state index in [4.69, 9.17) is 9.47 Å². The Kier molecular flexibility index (Phi) is 21.2. The second-order valence-electron chi connectivity index (χ2n) is 13.5. The summed E-state index contributed by atoms with van der Waals surface area (Å²) in [5.41, 5.74) is 0.574. The third kappa shape index (κ3) is 17.4. The summed E-state index contributed by atoms with van der Waals surface area (Å²) in [5, 5.41) is 41.7. The van der Waals surface area contributed by atoms with Gasteiger partial charge in [0, 0.05) is 12.0 Å². The highest BCUT2D eigenvalue weighted by atomic mass is 16.5. The molecule has 0 aromatic rings. The number of ether oxygens (including phenoxy) is 2. The van der Waals surface area contributed by atoms with Gasteiger partial charge in [0.25, 0.3) is 0 Å². The number of esters is 1. The van der Waals surface area contributed by atoms with Crippen LogP contribution in [0.4, 0.5) is 0 Å². The lowest BCUT2D eigenvalue weighted by Crippen LogP contribution is -2.31. The van der Waals surface area contributed by atoms with Gasteiger partial charge in [0.1, 0.15) is 6.10 Å². The number of carbonyl (C=O) groups excluding carboxylic acids is 1. The van der Waals surface area contributed by atoms with Crippen molar-refractivity contribution in [1.82, 2.24) is 0 Å². The molecule has 0 aliphatic carbocycles. The van der Waals surface area contributed by atoms with Gasteiger partial charge >= 0.3 is 5.97 Å². The van der Waals surface area contributed by atoms with E-state index >= 15 is 0 Å². The molecule has 0 bridgehead atoms. The van der Waals surface area contributed by atoms with Crippen LogP contribution < -0.4 is 0 Å². The summed E-state index contributed by atoms with van der Waals surface area (Å²) in [5.74, 6) is -0.316. The van der Waals surface area contributed by atoms with Gasteiger partial charge in [-0.25, -0.2) is 4.79 Å². The van der Waals surface area contributed by atoms with Gasteiger partial charge in [-0.2, -0.15) is 0 Å². The molecule has 1 unspecified atom stereocenters. The maximum atomic E-state index is 11.7. The van der Waals surface area contributed by atoms with Crippen molar-refractivity contribution >= 4 is 5.97 Å². The zero-order valence-electron chi connectivity index (χ0n) is 28.1. The molecule has 0 aromatic carbocycles. The number of allylic oxidation sites excluding steroid dienone is 2. The van der Waals surface area contributed by atoms with Crippen molar-refractivity contribution in [2.24, 2.45) is 0 Å². The highest BCUT2D eigenvalue weighted by molar-refractivity contribution is 5.90. The first-order chi connectivity index (χ1) is 21.3. The number of unbranched alkanes of at least 4 members (excludes halogenated alkanes) is 11. The molecule has 2 aliphatic heterocycles. The first-order valence-electron chi connectivity index (χ1n) is 18.2. The van der Waals surface area contributed by atoms with Crippen LogP contribution in [-0.4, -0.2) is 69.1 Å². The van der Waals surface area contributed by atoms with Gasteiger partial charge in [0.15, 0.2) is 0 Å². The first kappa shape index (κ1) is 38.9. The molecular weight excluding hydrogens is 556 g/mol. The average Bonchev–Trinajstić information content (AvgIpc) is 3.61. The average molecular weight is 623 g/mol. The maximum Gasteiger partial charge on any atom is 0.334 e. The predicted molar refractivity (Wildman–Crippen MR) is 177 cm³/mol. The van der Waals surface area contributed by atoms with Crippen molar-refractivity contribution in [3.63, 3.8) is 0 Å². The summed E-state index contributed by atoms with van der Waals surface area (Å²) in [7, 11) is 0. The fourth-order valence-electron chi connectivity index (χ4n) is 6.48. The Bertz CT molecular complexity index is 797. The van der Waals surface area contributed by atoms with Crippen LogP contribution in [0.3, 0.4) is 0 Å². The van der Waals surface area contributed by atoms with Gasteiger partial charge in [-0.05, 0) is 77.2 Å². The minimum atomic E-state index is -0.533. The summed E-state index contributed by atoms with van der Waals surface area (Å²) in [6, 6.07) is 0. The van der Waals surface area contributed by atoms with Crippen molar-refractivity contribution in [2.75, 3.05) is 0 Å².